The molecule has 0 amide bonds. The van der Waals surface area contributed by atoms with E-state index in [9.17, 15) is 0 Å². The monoisotopic (exact) mass is 316 g/mol. The third-order valence-electron chi connectivity index (χ3n) is 4.03. The van der Waals surface area contributed by atoms with Crippen molar-refractivity contribution >= 4 is 17.3 Å². The van der Waals surface area contributed by atoms with E-state index < -0.39 is 0 Å². The van der Waals surface area contributed by atoms with Crippen molar-refractivity contribution in [2.24, 2.45) is 5.73 Å². The van der Waals surface area contributed by atoms with Crippen LogP contribution < -0.4 is 15.4 Å². The van der Waals surface area contributed by atoms with Gasteiger partial charge >= 0.3 is 0 Å². The second-order valence-electron chi connectivity index (χ2n) is 5.57. The summed E-state index contributed by atoms with van der Waals surface area (Å²) in [6, 6.07) is 13.6. The molecule has 1 aliphatic rings. The largest absolute Gasteiger partial charge is 0.457 e. The molecule has 1 fully saturated rings. The van der Waals surface area contributed by atoms with Gasteiger partial charge in [-0.15, -0.1) is 0 Å². The van der Waals surface area contributed by atoms with Crippen LogP contribution in [0.1, 0.15) is 24.8 Å². The molecule has 0 bridgehead atoms. The number of rotatable bonds is 4. The molecule has 0 saturated carbocycles. The molecular weight excluding hydrogens is 296 g/mol. The first kappa shape index (κ1) is 15.2. The Kier molecular flexibility index (Phi) is 4.86. The van der Waals surface area contributed by atoms with Crippen LogP contribution in [-0.2, 0) is 6.54 Å². The highest BCUT2D eigenvalue weighted by Crippen LogP contribution is 2.34. The third kappa shape index (κ3) is 3.37. The van der Waals surface area contributed by atoms with Crippen LogP contribution in [0.4, 0.5) is 5.69 Å². The molecule has 2 aromatic carbocycles. The van der Waals surface area contributed by atoms with E-state index in [-0.39, 0.29) is 0 Å². The number of halogens is 1. The molecule has 0 spiro atoms. The lowest BCUT2D eigenvalue weighted by atomic mass is 10.1. The Bertz CT molecular complexity index is 639. The maximum absolute atomic E-state index is 6.02. The van der Waals surface area contributed by atoms with Crippen molar-refractivity contribution in [2.45, 2.75) is 25.8 Å². The third-order valence-corrected chi connectivity index (χ3v) is 4.27. The molecule has 0 unspecified atom stereocenters. The lowest BCUT2D eigenvalue weighted by molar-refractivity contribution is 0.475. The van der Waals surface area contributed by atoms with E-state index >= 15 is 0 Å². The SMILES string of the molecule is NCc1c(Oc2cccc(Cl)c2)cccc1N1CCCCC1. The average Bonchev–Trinajstić information content (AvgIpc) is 2.55. The topological polar surface area (TPSA) is 38.5 Å². The molecule has 4 heteroatoms. The Morgan fingerprint density at radius 2 is 1.82 bits per heavy atom. The first-order chi connectivity index (χ1) is 10.8. The number of hydrogen-bond donors (Lipinski definition) is 1. The molecule has 2 N–H and O–H groups in total. The molecule has 0 radical (unpaired) electrons. The van der Waals surface area contributed by atoms with Gasteiger partial charge in [-0.25, -0.2) is 0 Å². The van der Waals surface area contributed by atoms with Crippen molar-refractivity contribution in [1.29, 1.82) is 0 Å². The van der Waals surface area contributed by atoms with E-state index in [1.807, 2.05) is 36.4 Å². The number of nitrogens with two attached hydrogens (primary N) is 1. The minimum absolute atomic E-state index is 0.461. The Morgan fingerprint density at radius 3 is 2.55 bits per heavy atom. The van der Waals surface area contributed by atoms with Crippen molar-refractivity contribution in [3.8, 4) is 11.5 Å². The average molecular weight is 317 g/mol. The summed E-state index contributed by atoms with van der Waals surface area (Å²) < 4.78 is 6.02. The first-order valence-corrected chi connectivity index (χ1v) is 8.16. The van der Waals surface area contributed by atoms with Gasteiger partial charge in [-0.1, -0.05) is 23.7 Å². The van der Waals surface area contributed by atoms with E-state index in [2.05, 4.69) is 11.0 Å². The van der Waals surface area contributed by atoms with Crippen molar-refractivity contribution in [1.82, 2.24) is 0 Å². The molecule has 1 heterocycles. The smallest absolute Gasteiger partial charge is 0.133 e. The Labute approximate surface area is 136 Å². The first-order valence-electron chi connectivity index (χ1n) is 7.78. The summed E-state index contributed by atoms with van der Waals surface area (Å²) >= 11 is 6.02. The zero-order valence-electron chi connectivity index (χ0n) is 12.6. The Hall–Kier alpha value is -1.71. The van der Waals surface area contributed by atoms with Gasteiger partial charge in [-0.2, -0.15) is 0 Å². The summed E-state index contributed by atoms with van der Waals surface area (Å²) in [5.41, 5.74) is 8.26. The van der Waals surface area contributed by atoms with Gasteiger partial charge in [0.2, 0.25) is 0 Å². The standard InChI is InChI=1S/C18H21ClN2O/c19-14-6-4-7-15(12-14)22-18-9-5-8-17(16(18)13-20)21-10-2-1-3-11-21/h4-9,12H,1-3,10-11,13,20H2. The summed E-state index contributed by atoms with van der Waals surface area (Å²) in [5.74, 6) is 1.55. The number of nitrogens with zero attached hydrogens (tertiary/aromatic N) is 1. The normalized spacial score (nSPS) is 14.9. The van der Waals surface area contributed by atoms with E-state index in [4.69, 9.17) is 22.1 Å². The van der Waals surface area contributed by atoms with Gasteiger partial charge in [0.25, 0.3) is 0 Å². The summed E-state index contributed by atoms with van der Waals surface area (Å²) in [6.07, 6.45) is 3.79. The van der Waals surface area contributed by atoms with E-state index in [1.165, 1.54) is 24.9 Å². The number of benzene rings is 2. The summed E-state index contributed by atoms with van der Waals surface area (Å²) in [7, 11) is 0. The molecule has 22 heavy (non-hydrogen) atoms. The fourth-order valence-corrected chi connectivity index (χ4v) is 3.12. The number of anilines is 1. The highest BCUT2D eigenvalue weighted by molar-refractivity contribution is 6.30. The van der Waals surface area contributed by atoms with Gasteiger partial charge in [-0.05, 0) is 49.6 Å². The molecule has 3 nitrogen and oxygen atoms in total. The van der Waals surface area contributed by atoms with Gasteiger partial charge in [0.15, 0.2) is 0 Å². The summed E-state index contributed by atoms with van der Waals surface area (Å²) in [4.78, 5) is 2.41. The predicted molar refractivity (Wildman–Crippen MR) is 91.9 cm³/mol. The van der Waals surface area contributed by atoms with Crippen LogP contribution in [-0.4, -0.2) is 13.1 Å². The highest BCUT2D eigenvalue weighted by atomic mass is 35.5. The van der Waals surface area contributed by atoms with E-state index in [0.717, 1.165) is 30.2 Å². The zero-order valence-corrected chi connectivity index (χ0v) is 13.4. The molecule has 0 aromatic heterocycles. The van der Waals surface area contributed by atoms with E-state index in [1.54, 1.807) is 0 Å². The van der Waals surface area contributed by atoms with Crippen LogP contribution in [0, 0.1) is 0 Å². The molecule has 0 aliphatic carbocycles. The maximum atomic E-state index is 6.02. The van der Waals surface area contributed by atoms with Gasteiger partial charge in [-0.3, -0.25) is 0 Å². The van der Waals surface area contributed by atoms with Crippen molar-refractivity contribution < 1.29 is 4.74 Å². The molecule has 1 aliphatic heterocycles. The van der Waals surface area contributed by atoms with Crippen LogP contribution in [0.3, 0.4) is 0 Å². The van der Waals surface area contributed by atoms with Crippen LogP contribution in [0.5, 0.6) is 11.5 Å². The quantitative estimate of drug-likeness (QED) is 0.897. The summed E-state index contributed by atoms with van der Waals surface area (Å²) in [6.45, 7) is 2.64. The minimum Gasteiger partial charge on any atom is -0.457 e. The molecule has 1 saturated heterocycles. The van der Waals surface area contributed by atoms with Gasteiger partial charge < -0.3 is 15.4 Å². The van der Waals surface area contributed by atoms with Crippen LogP contribution in [0.15, 0.2) is 42.5 Å². The maximum Gasteiger partial charge on any atom is 0.133 e. The Morgan fingerprint density at radius 1 is 1.05 bits per heavy atom. The highest BCUT2D eigenvalue weighted by Gasteiger charge is 2.17. The van der Waals surface area contributed by atoms with Crippen LogP contribution in [0.2, 0.25) is 5.02 Å². The minimum atomic E-state index is 0.461. The van der Waals surface area contributed by atoms with Gasteiger partial charge in [0.05, 0.1) is 0 Å². The van der Waals surface area contributed by atoms with Crippen molar-refractivity contribution in [3.05, 3.63) is 53.1 Å². The zero-order chi connectivity index (χ0) is 15.4. The Balaban J connectivity index is 1.90. The molecule has 0 atom stereocenters. The molecule has 2 aromatic rings. The van der Waals surface area contributed by atoms with E-state index in [0.29, 0.717) is 11.6 Å². The fourth-order valence-electron chi connectivity index (χ4n) is 2.94. The van der Waals surface area contributed by atoms with Gasteiger partial charge in [0.1, 0.15) is 11.5 Å². The lowest BCUT2D eigenvalue weighted by Gasteiger charge is -2.31. The molecule has 116 valence electrons. The van der Waals surface area contributed by atoms with Crippen molar-refractivity contribution in [3.63, 3.8) is 0 Å². The van der Waals surface area contributed by atoms with Crippen molar-refractivity contribution in [2.75, 3.05) is 18.0 Å². The molecule has 3 rings (SSSR count). The fraction of sp³-hybridized carbons (Fsp3) is 0.333. The predicted octanol–water partition coefficient (Wildman–Crippen LogP) is 4.58. The van der Waals surface area contributed by atoms with Crippen LogP contribution >= 0.6 is 11.6 Å². The number of hydrogen-bond acceptors (Lipinski definition) is 3. The lowest BCUT2D eigenvalue weighted by Crippen LogP contribution is -2.30. The van der Waals surface area contributed by atoms with Crippen LogP contribution in [0.25, 0.3) is 0 Å². The second-order valence-corrected chi connectivity index (χ2v) is 6.00. The van der Waals surface area contributed by atoms with Gasteiger partial charge in [0, 0.05) is 35.9 Å². The second kappa shape index (κ2) is 7.03. The number of piperidine rings is 1. The summed E-state index contributed by atoms with van der Waals surface area (Å²) in [5, 5.41) is 0.666. The number of ether oxygens (including phenoxy) is 1. The molecular formula is C18H21ClN2O.